The van der Waals surface area contributed by atoms with Gasteiger partial charge >= 0.3 is 5.97 Å². The second-order valence-corrected chi connectivity index (χ2v) is 5.63. The highest BCUT2D eigenvalue weighted by Gasteiger charge is 2.53. The van der Waals surface area contributed by atoms with Crippen molar-refractivity contribution in [3.63, 3.8) is 0 Å². The van der Waals surface area contributed by atoms with E-state index >= 15 is 0 Å². The fourth-order valence-electron chi connectivity index (χ4n) is 1.73. The Bertz CT molecular complexity index is 492. The van der Waals surface area contributed by atoms with Gasteiger partial charge in [-0.2, -0.15) is 4.42 Å². The molecule has 2 heterocycles. The molecule has 3 unspecified atom stereocenters. The molecule has 5 nitrogen and oxygen atoms in total. The Balaban J connectivity index is 2.47. The zero-order valence-corrected chi connectivity index (χ0v) is 11.0. The fraction of sp³-hybridized carbons (Fsp3) is 0.400. The molecular formula is C10H11ClFN3O2S. The van der Waals surface area contributed by atoms with Crippen LogP contribution >= 0.6 is 23.5 Å². The van der Waals surface area contributed by atoms with Gasteiger partial charge < -0.3 is 10.8 Å². The van der Waals surface area contributed by atoms with E-state index in [-0.39, 0.29) is 16.8 Å². The predicted molar refractivity (Wildman–Crippen MR) is 66.7 cm³/mol. The minimum atomic E-state index is -1.63. The van der Waals surface area contributed by atoms with Crippen LogP contribution < -0.4 is 5.73 Å². The van der Waals surface area contributed by atoms with Crippen LogP contribution in [0.3, 0.4) is 0 Å². The number of halogens is 2. The van der Waals surface area contributed by atoms with E-state index in [4.69, 9.17) is 22.6 Å². The highest BCUT2D eigenvalue weighted by Crippen LogP contribution is 2.47. The molecule has 3 atom stereocenters. The van der Waals surface area contributed by atoms with E-state index in [2.05, 4.69) is 4.98 Å². The molecule has 8 heteroatoms. The van der Waals surface area contributed by atoms with Gasteiger partial charge in [-0.05, 0) is 30.8 Å². The van der Waals surface area contributed by atoms with Gasteiger partial charge in [0.25, 0.3) is 0 Å². The van der Waals surface area contributed by atoms with Gasteiger partial charge in [-0.1, -0.05) is 6.07 Å². The van der Waals surface area contributed by atoms with Crippen molar-refractivity contribution >= 4 is 29.5 Å². The number of aromatic carboxylic acids is 1. The monoisotopic (exact) mass is 291 g/mol. The van der Waals surface area contributed by atoms with Gasteiger partial charge in [0.2, 0.25) is 0 Å². The van der Waals surface area contributed by atoms with E-state index in [1.54, 1.807) is 6.92 Å². The van der Waals surface area contributed by atoms with Crippen LogP contribution in [0.2, 0.25) is 0 Å². The van der Waals surface area contributed by atoms with Gasteiger partial charge in [-0.3, -0.25) is 0 Å². The van der Waals surface area contributed by atoms with Gasteiger partial charge in [0, 0.05) is 0 Å². The summed E-state index contributed by atoms with van der Waals surface area (Å²) in [6.45, 7) is 1.71. The molecule has 2 rings (SSSR count). The van der Waals surface area contributed by atoms with Gasteiger partial charge in [0.05, 0.1) is 11.1 Å². The first-order chi connectivity index (χ1) is 8.37. The minimum Gasteiger partial charge on any atom is -0.477 e. The Hall–Kier alpha value is -0.890. The summed E-state index contributed by atoms with van der Waals surface area (Å²) >= 11 is 6.95. The molecule has 3 N–H and O–H groups in total. The van der Waals surface area contributed by atoms with Crippen LogP contribution in [0.1, 0.15) is 23.1 Å². The van der Waals surface area contributed by atoms with Crippen LogP contribution in [0.5, 0.6) is 0 Å². The molecule has 18 heavy (non-hydrogen) atoms. The first kappa shape index (κ1) is 13.5. The topological polar surface area (TPSA) is 79.5 Å². The molecule has 1 aromatic heterocycles. The molecule has 1 fully saturated rings. The van der Waals surface area contributed by atoms with Crippen molar-refractivity contribution in [1.82, 2.24) is 9.40 Å². The first-order valence-electron chi connectivity index (χ1n) is 5.11. The smallest absolute Gasteiger partial charge is 0.354 e. The third-order valence-corrected chi connectivity index (χ3v) is 4.60. The molecule has 1 aliphatic rings. The molecule has 0 bridgehead atoms. The van der Waals surface area contributed by atoms with Gasteiger partial charge in [0.1, 0.15) is 5.69 Å². The number of hydrogen-bond donors (Lipinski definition) is 2. The van der Waals surface area contributed by atoms with Crippen molar-refractivity contribution < 1.29 is 14.3 Å². The second-order valence-electron chi connectivity index (χ2n) is 3.90. The average Bonchev–Trinajstić information content (AvgIpc) is 2.54. The molecule has 0 aromatic carbocycles. The number of thioether (sulfide) groups is 1. The Morgan fingerprint density at radius 2 is 2.39 bits per heavy atom. The fourth-order valence-corrected chi connectivity index (χ4v) is 3.17. The van der Waals surface area contributed by atoms with E-state index in [0.717, 1.165) is 16.2 Å². The lowest BCUT2D eigenvalue weighted by atomic mass is 10.1. The summed E-state index contributed by atoms with van der Waals surface area (Å²) in [7, 11) is 0. The van der Waals surface area contributed by atoms with Crippen molar-refractivity contribution in [2.24, 2.45) is 5.73 Å². The van der Waals surface area contributed by atoms with E-state index in [9.17, 15) is 9.18 Å². The van der Waals surface area contributed by atoms with E-state index in [0.29, 0.717) is 0 Å². The van der Waals surface area contributed by atoms with Crippen LogP contribution in [-0.2, 0) is 5.66 Å². The number of hydrogen-bond acceptors (Lipinski definition) is 5. The number of nitrogens with two attached hydrogens (primary N) is 1. The molecular weight excluding hydrogens is 281 g/mol. The Labute approximate surface area is 112 Å². The Morgan fingerprint density at radius 3 is 2.89 bits per heavy atom. The molecule has 0 aliphatic carbocycles. The van der Waals surface area contributed by atoms with Gasteiger partial charge in [-0.15, -0.1) is 11.8 Å². The normalized spacial score (nSPS) is 32.7. The zero-order valence-electron chi connectivity index (χ0n) is 9.38. The SMILES string of the molecule is CC1SC(F)C(N)(c2cccc(C(=O)O)n2)N1Cl. The van der Waals surface area contributed by atoms with Gasteiger partial charge in [0.15, 0.2) is 11.2 Å². The number of alkyl halides is 1. The molecule has 0 amide bonds. The Kier molecular flexibility index (Phi) is 3.50. The molecule has 0 radical (unpaired) electrons. The maximum atomic E-state index is 14.0. The van der Waals surface area contributed by atoms with Crippen molar-refractivity contribution in [2.45, 2.75) is 23.5 Å². The average molecular weight is 292 g/mol. The Morgan fingerprint density at radius 1 is 1.72 bits per heavy atom. The second kappa shape index (κ2) is 4.65. The number of carbonyl (C=O) groups is 1. The quantitative estimate of drug-likeness (QED) is 0.808. The van der Waals surface area contributed by atoms with Gasteiger partial charge in [-0.25, -0.2) is 14.2 Å². The molecule has 1 aliphatic heterocycles. The van der Waals surface area contributed by atoms with Crippen molar-refractivity contribution in [2.75, 3.05) is 0 Å². The molecule has 1 saturated heterocycles. The standard InChI is InChI=1S/C10H11ClFN3O2S/c1-5-15(11)10(13,9(12)18-5)7-4-2-3-6(14-7)8(16)17/h2-5,9H,13H2,1H3,(H,16,17). The summed E-state index contributed by atoms with van der Waals surface area (Å²) in [6.07, 6.45) is 0. The summed E-state index contributed by atoms with van der Waals surface area (Å²) in [5.41, 5.74) is 2.76. The lowest BCUT2D eigenvalue weighted by Gasteiger charge is -2.30. The first-order valence-corrected chi connectivity index (χ1v) is 6.39. The third kappa shape index (κ3) is 1.97. The molecule has 98 valence electrons. The number of carboxylic acids is 1. The third-order valence-electron chi connectivity index (χ3n) is 2.71. The van der Waals surface area contributed by atoms with Crippen LogP contribution in [0.25, 0.3) is 0 Å². The number of nitrogens with zero attached hydrogens (tertiary/aromatic N) is 2. The van der Waals surface area contributed by atoms with Crippen LogP contribution in [0, 0.1) is 0 Å². The predicted octanol–water partition coefficient (Wildman–Crippen LogP) is 1.74. The number of carboxylic acid groups (broad SMARTS) is 1. The summed E-state index contributed by atoms with van der Waals surface area (Å²) in [5.74, 6) is -1.20. The molecule has 0 saturated carbocycles. The van der Waals surface area contributed by atoms with E-state index in [1.165, 1.54) is 18.2 Å². The van der Waals surface area contributed by atoms with Crippen molar-refractivity contribution in [3.05, 3.63) is 29.6 Å². The van der Waals surface area contributed by atoms with Crippen molar-refractivity contribution in [3.8, 4) is 0 Å². The lowest BCUT2D eigenvalue weighted by molar-refractivity contribution is 0.0688. The highest BCUT2D eigenvalue weighted by atomic mass is 35.5. The summed E-state index contributed by atoms with van der Waals surface area (Å²) in [4.78, 5) is 14.7. The summed E-state index contributed by atoms with van der Waals surface area (Å²) in [6, 6.07) is 4.24. The number of rotatable bonds is 2. The summed E-state index contributed by atoms with van der Waals surface area (Å²) < 4.78 is 15.2. The van der Waals surface area contributed by atoms with Crippen molar-refractivity contribution in [1.29, 1.82) is 0 Å². The van der Waals surface area contributed by atoms with Crippen LogP contribution in [0.15, 0.2) is 18.2 Å². The maximum Gasteiger partial charge on any atom is 0.354 e. The minimum absolute atomic E-state index is 0.0988. The molecule has 0 spiro atoms. The highest BCUT2D eigenvalue weighted by molar-refractivity contribution is 8.00. The van der Waals surface area contributed by atoms with E-state index in [1.807, 2.05) is 0 Å². The number of pyridine rings is 1. The van der Waals surface area contributed by atoms with Crippen LogP contribution in [0.4, 0.5) is 4.39 Å². The summed E-state index contributed by atoms with van der Waals surface area (Å²) in [5, 5.41) is 8.54. The van der Waals surface area contributed by atoms with Crippen LogP contribution in [-0.4, -0.2) is 31.4 Å². The zero-order chi connectivity index (χ0) is 13.5. The maximum absolute atomic E-state index is 14.0. The lowest BCUT2D eigenvalue weighted by Crippen LogP contribution is -2.51. The molecule has 1 aromatic rings. The van der Waals surface area contributed by atoms with E-state index < -0.39 is 17.1 Å². The largest absolute Gasteiger partial charge is 0.477 e. The number of aromatic nitrogens is 1.